The van der Waals surface area contributed by atoms with Gasteiger partial charge in [-0.3, -0.25) is 28.8 Å². The molecule has 0 heterocycles. The lowest BCUT2D eigenvalue weighted by molar-refractivity contribution is -0.123. The van der Waals surface area contributed by atoms with E-state index < -0.39 is 53.8 Å². The monoisotopic (exact) mass is 1430 g/mol. The van der Waals surface area contributed by atoms with Gasteiger partial charge in [0.05, 0.1) is 67.2 Å². The summed E-state index contributed by atoms with van der Waals surface area (Å²) in [6.07, 6.45) is -4.14. The van der Waals surface area contributed by atoms with Gasteiger partial charge in [-0.1, -0.05) is 0 Å². The van der Waals surface area contributed by atoms with E-state index in [1.807, 2.05) is 136 Å². The first-order chi connectivity index (χ1) is 25.1. The first kappa shape index (κ1) is 49.6. The summed E-state index contributed by atoms with van der Waals surface area (Å²) in [5, 5.41) is 59.5. The van der Waals surface area contributed by atoms with Crippen molar-refractivity contribution in [2.75, 3.05) is 64.1 Å². The maximum absolute atomic E-state index is 14.0. The number of nitrogens with one attached hydrogen (secondary N) is 4. The number of aliphatic hydroxyl groups is 5. The second-order valence-corrected chi connectivity index (χ2v) is 17.9. The van der Waals surface area contributed by atoms with Crippen LogP contribution in [-0.4, -0.2) is 143 Å². The molecule has 0 aliphatic carbocycles. The largest absolute Gasteiger partial charge is 0.395 e. The molecule has 6 amide bonds. The predicted octanol–water partition coefficient (Wildman–Crippen LogP) is 1.60. The molecule has 2 aromatic carbocycles. The molecular weight excluding hydrogens is 1390 g/mol. The number of anilines is 2. The van der Waals surface area contributed by atoms with E-state index in [-0.39, 0.29) is 94.4 Å². The lowest BCUT2D eigenvalue weighted by atomic mass is 10.1. The normalized spacial score (nSPS) is 12.6. The molecule has 0 fully saturated rings. The topological polar surface area (TPSA) is 258 Å². The molecule has 54 heavy (non-hydrogen) atoms. The van der Waals surface area contributed by atoms with Crippen molar-refractivity contribution < 1.29 is 54.3 Å². The molecule has 0 aromatic heterocycles. The average Bonchev–Trinajstić information content (AvgIpc) is 3.09. The van der Waals surface area contributed by atoms with Gasteiger partial charge in [0.2, 0.25) is 0 Å². The maximum atomic E-state index is 14.0. The van der Waals surface area contributed by atoms with E-state index in [1.54, 1.807) is 0 Å². The van der Waals surface area contributed by atoms with Crippen molar-refractivity contribution in [2.24, 2.45) is 0 Å². The Morgan fingerprint density at radius 1 is 0.556 bits per heavy atom. The number of carbonyl (C=O) groups is 6. The fourth-order valence-corrected chi connectivity index (χ4v) is 13.3. The molecule has 0 radical (unpaired) electrons. The molecule has 0 saturated heterocycles. The van der Waals surface area contributed by atoms with E-state index in [1.165, 1.54) is 37.7 Å². The smallest absolute Gasteiger partial charge is 0.255 e. The summed E-state index contributed by atoms with van der Waals surface area (Å²) in [6, 6.07) is 0. The number of rotatable bonds is 16. The predicted molar refractivity (Wildman–Crippen MR) is 249 cm³/mol. The fourth-order valence-electron chi connectivity index (χ4n) is 4.53. The highest BCUT2D eigenvalue weighted by molar-refractivity contribution is 14.1. The van der Waals surface area contributed by atoms with Crippen LogP contribution in [0.4, 0.5) is 11.4 Å². The molecule has 0 spiro atoms. The summed E-state index contributed by atoms with van der Waals surface area (Å²) in [5.74, 6) is -4.10. The van der Waals surface area contributed by atoms with Crippen LogP contribution in [0.15, 0.2) is 0 Å². The van der Waals surface area contributed by atoms with E-state index in [4.69, 9.17) is 0 Å². The molecule has 2 atom stereocenters. The number of hydrogen-bond donors (Lipinski definition) is 9. The number of benzene rings is 2. The molecule has 2 aromatic rings. The van der Waals surface area contributed by atoms with Crippen LogP contribution in [0, 0.1) is 21.4 Å². The first-order valence-electron chi connectivity index (χ1n) is 15.5. The van der Waals surface area contributed by atoms with Crippen LogP contribution in [0.1, 0.15) is 55.3 Å². The molecule has 0 bridgehead atoms. The van der Waals surface area contributed by atoms with Gasteiger partial charge in [0.15, 0.2) is 0 Å². The minimum atomic E-state index is -1.41. The Kier molecular flexibility index (Phi) is 20.7. The zero-order valence-electron chi connectivity index (χ0n) is 28.8. The first-order valence-corrected chi connectivity index (χ1v) is 22.0. The fraction of sp³-hybridized carbons (Fsp3) is 0.419. The van der Waals surface area contributed by atoms with Crippen LogP contribution < -0.4 is 21.3 Å². The number of halogens is 6. The van der Waals surface area contributed by atoms with E-state index in [9.17, 15) is 54.3 Å². The van der Waals surface area contributed by atoms with Gasteiger partial charge in [0, 0.05) is 47.4 Å². The van der Waals surface area contributed by atoms with Crippen LogP contribution in [0.5, 0.6) is 0 Å². The van der Waals surface area contributed by atoms with Crippen molar-refractivity contribution in [2.45, 2.75) is 32.2 Å². The highest BCUT2D eigenvalue weighted by Gasteiger charge is 2.33. The molecule has 0 saturated carbocycles. The zero-order valence-corrected chi connectivity index (χ0v) is 41.8. The molecule has 2 rings (SSSR count). The molecule has 0 aliphatic heterocycles. The Hall–Kier alpha value is -0.560. The lowest BCUT2D eigenvalue weighted by Gasteiger charge is -2.28. The molecular formula is C31H36I6N6O11. The number of amides is 6. The van der Waals surface area contributed by atoms with E-state index in [2.05, 4.69) is 21.3 Å². The van der Waals surface area contributed by atoms with Crippen molar-refractivity contribution in [3.8, 4) is 0 Å². The molecule has 0 aliphatic rings. The van der Waals surface area contributed by atoms with Gasteiger partial charge >= 0.3 is 0 Å². The highest BCUT2D eigenvalue weighted by atomic mass is 127. The molecule has 9 N–H and O–H groups in total. The van der Waals surface area contributed by atoms with Gasteiger partial charge in [0.1, 0.15) is 12.2 Å². The van der Waals surface area contributed by atoms with Gasteiger partial charge < -0.3 is 56.6 Å². The Labute approximate surface area is 392 Å². The third-order valence-corrected chi connectivity index (χ3v) is 13.7. The lowest BCUT2D eigenvalue weighted by Crippen LogP contribution is -2.43. The molecule has 2 unspecified atom stereocenters. The summed E-state index contributed by atoms with van der Waals surface area (Å²) in [5.41, 5.74) is 0.344. The van der Waals surface area contributed by atoms with E-state index in [0.29, 0.717) is 0 Å². The number of aliphatic hydroxyl groups excluding tert-OH is 5. The SMILES string of the molecule is CC(O)C(=O)Nc1c(I)c(C(=O)NCCO)c(I)c(C(=O)N(C)CC(O)CN(C)C(=O)c2c(I)c(NC(=O)C(C)O)c(I)c(C(=O)NCCO)c2I)c1I. The number of carbonyl (C=O) groups excluding carboxylic acids is 6. The van der Waals surface area contributed by atoms with Gasteiger partial charge in [-0.2, -0.15) is 0 Å². The summed E-state index contributed by atoms with van der Waals surface area (Å²) >= 11 is 11.1. The van der Waals surface area contributed by atoms with Crippen molar-refractivity contribution in [1.29, 1.82) is 0 Å². The van der Waals surface area contributed by atoms with Gasteiger partial charge in [0.25, 0.3) is 35.4 Å². The van der Waals surface area contributed by atoms with E-state index >= 15 is 0 Å². The molecule has 298 valence electrons. The Bertz CT molecular complexity index is 1690. The van der Waals surface area contributed by atoms with Crippen molar-refractivity contribution in [3.63, 3.8) is 0 Å². The number of nitrogens with zero attached hydrogens (tertiary/aromatic N) is 2. The van der Waals surface area contributed by atoms with Crippen LogP contribution in [0.3, 0.4) is 0 Å². The van der Waals surface area contributed by atoms with E-state index in [0.717, 1.165) is 0 Å². The highest BCUT2D eigenvalue weighted by Crippen LogP contribution is 2.38. The summed E-state index contributed by atoms with van der Waals surface area (Å²) in [4.78, 5) is 81.6. The van der Waals surface area contributed by atoms with Gasteiger partial charge in [-0.25, -0.2) is 0 Å². The minimum Gasteiger partial charge on any atom is -0.395 e. The summed E-state index contributed by atoms with van der Waals surface area (Å²) in [7, 11) is 2.80. The third-order valence-electron chi connectivity index (χ3n) is 7.23. The Balaban J connectivity index is 2.51. The number of likely N-dealkylation sites (N-methyl/N-ethyl adjacent to an activating group) is 2. The molecule has 17 nitrogen and oxygen atoms in total. The molecule has 23 heteroatoms. The zero-order chi connectivity index (χ0) is 41.4. The number of hydrogen-bond acceptors (Lipinski definition) is 11. The average molecular weight is 1430 g/mol. The minimum absolute atomic E-state index is 0.0209. The summed E-state index contributed by atoms with van der Waals surface area (Å²) in [6.45, 7) is 1.05. The van der Waals surface area contributed by atoms with Crippen molar-refractivity contribution in [1.82, 2.24) is 20.4 Å². The van der Waals surface area contributed by atoms with Gasteiger partial charge in [-0.05, 0) is 149 Å². The Morgan fingerprint density at radius 3 is 1.13 bits per heavy atom. The van der Waals surface area contributed by atoms with Crippen molar-refractivity contribution in [3.05, 3.63) is 43.7 Å². The van der Waals surface area contributed by atoms with Crippen LogP contribution in [-0.2, 0) is 9.59 Å². The van der Waals surface area contributed by atoms with Crippen LogP contribution in [0.2, 0.25) is 0 Å². The third kappa shape index (κ3) is 12.2. The summed E-state index contributed by atoms with van der Waals surface area (Å²) < 4.78 is 1.54. The van der Waals surface area contributed by atoms with Crippen LogP contribution in [0.25, 0.3) is 0 Å². The van der Waals surface area contributed by atoms with Gasteiger partial charge in [-0.15, -0.1) is 0 Å². The maximum Gasteiger partial charge on any atom is 0.255 e. The second kappa shape index (κ2) is 22.6. The standard InChI is InChI=1S/C31H36I6N6O11/c1-11(46)26(49)40-24-20(34)14(28(51)38-5-7-44)18(32)16(22(24)36)30(53)42(3)9-13(48)10-43(4)31(54)17-19(33)15(29(52)39-6-8-45)21(35)25(23(17)37)41-27(50)12(2)47/h11-13,44-48H,5-10H2,1-4H3,(H,38,51)(H,39,52)(H,40,49)(H,41,50). The quantitative estimate of drug-likeness (QED) is 0.109. The van der Waals surface area contributed by atoms with Crippen molar-refractivity contribution >= 4 is 182 Å². The Morgan fingerprint density at radius 2 is 0.852 bits per heavy atom. The second-order valence-electron chi connectivity index (χ2n) is 11.4. The van der Waals surface area contributed by atoms with Crippen LogP contribution >= 0.6 is 136 Å².